The quantitative estimate of drug-likeness (QED) is 0.662. The molecule has 0 heterocycles. The largest absolute Gasteiger partial charge is 0.383 e. The van der Waals surface area contributed by atoms with Gasteiger partial charge in [0.15, 0.2) is 0 Å². The number of nitrogens with one attached hydrogen (secondary N) is 3. The number of ether oxygens (including phenoxy) is 1. The molecule has 3 N–H and O–H groups in total. The summed E-state index contributed by atoms with van der Waals surface area (Å²) in [5, 5.41) is 8.82. The van der Waals surface area contributed by atoms with E-state index < -0.39 is 0 Å². The molecule has 1 aromatic rings. The van der Waals surface area contributed by atoms with Crippen LogP contribution in [-0.4, -0.2) is 32.8 Å². The normalized spacial score (nSPS) is 11.9. The second kappa shape index (κ2) is 8.50. The summed E-state index contributed by atoms with van der Waals surface area (Å²) < 4.78 is 4.86. The van der Waals surface area contributed by atoms with Crippen molar-refractivity contribution < 1.29 is 9.53 Å². The molecule has 106 valence electrons. The predicted octanol–water partition coefficient (Wildman–Crippen LogP) is 2.12. The number of hydrogen-bond donors (Lipinski definition) is 3. The van der Waals surface area contributed by atoms with Gasteiger partial charge in [-0.05, 0) is 31.2 Å². The lowest BCUT2D eigenvalue weighted by Gasteiger charge is -2.13. The Morgan fingerprint density at radius 3 is 2.58 bits per heavy atom. The zero-order chi connectivity index (χ0) is 14.1. The van der Waals surface area contributed by atoms with Gasteiger partial charge in [-0.3, -0.25) is 0 Å². The molecule has 1 rings (SSSR count). The monoisotopic (exact) mass is 265 g/mol. The number of benzene rings is 1. The number of carbonyl (C=O) groups is 1. The van der Waals surface area contributed by atoms with Crippen LogP contribution in [0.3, 0.4) is 0 Å². The fraction of sp³-hybridized carbons (Fsp3) is 0.500. The smallest absolute Gasteiger partial charge is 0.319 e. The van der Waals surface area contributed by atoms with Crippen molar-refractivity contribution in [3.8, 4) is 0 Å². The molecule has 0 saturated carbocycles. The summed E-state index contributed by atoms with van der Waals surface area (Å²) in [6.07, 6.45) is 0. The van der Waals surface area contributed by atoms with E-state index in [1.54, 1.807) is 7.11 Å². The van der Waals surface area contributed by atoms with E-state index >= 15 is 0 Å². The van der Waals surface area contributed by atoms with Crippen molar-refractivity contribution in [3.05, 3.63) is 29.8 Å². The minimum Gasteiger partial charge on any atom is -0.383 e. The van der Waals surface area contributed by atoms with Crippen molar-refractivity contribution in [2.45, 2.75) is 19.9 Å². The van der Waals surface area contributed by atoms with Gasteiger partial charge in [-0.15, -0.1) is 0 Å². The van der Waals surface area contributed by atoms with Gasteiger partial charge in [-0.2, -0.15) is 0 Å². The first kappa shape index (κ1) is 15.5. The molecule has 2 amide bonds. The topological polar surface area (TPSA) is 62.4 Å². The molecule has 0 fully saturated rings. The maximum atomic E-state index is 11.5. The van der Waals surface area contributed by atoms with E-state index in [0.717, 1.165) is 12.2 Å². The summed E-state index contributed by atoms with van der Waals surface area (Å²) in [5.41, 5.74) is 1.98. The highest BCUT2D eigenvalue weighted by Gasteiger charge is 2.04. The summed E-state index contributed by atoms with van der Waals surface area (Å²) >= 11 is 0. The van der Waals surface area contributed by atoms with Crippen LogP contribution in [0.15, 0.2) is 24.3 Å². The highest BCUT2D eigenvalue weighted by molar-refractivity contribution is 5.89. The van der Waals surface area contributed by atoms with Crippen LogP contribution in [0.5, 0.6) is 0 Å². The Hall–Kier alpha value is -1.59. The molecule has 1 aromatic carbocycles. The molecule has 19 heavy (non-hydrogen) atoms. The van der Waals surface area contributed by atoms with Gasteiger partial charge >= 0.3 is 6.03 Å². The highest BCUT2D eigenvalue weighted by atomic mass is 16.5. The number of anilines is 1. The fourth-order valence-corrected chi connectivity index (χ4v) is 1.72. The fourth-order valence-electron chi connectivity index (χ4n) is 1.72. The third kappa shape index (κ3) is 5.72. The minimum absolute atomic E-state index is 0.218. The van der Waals surface area contributed by atoms with Gasteiger partial charge in [0.25, 0.3) is 0 Å². The molecule has 0 aliphatic carbocycles. The van der Waals surface area contributed by atoms with Crippen molar-refractivity contribution in [1.29, 1.82) is 0 Å². The van der Waals surface area contributed by atoms with Crippen LogP contribution in [0.4, 0.5) is 10.5 Å². The average Bonchev–Trinajstić information content (AvgIpc) is 2.40. The van der Waals surface area contributed by atoms with E-state index in [1.165, 1.54) is 5.56 Å². The third-order valence-electron chi connectivity index (χ3n) is 2.77. The van der Waals surface area contributed by atoms with Gasteiger partial charge < -0.3 is 20.7 Å². The molecule has 5 heteroatoms. The molecular weight excluding hydrogens is 242 g/mol. The lowest BCUT2D eigenvalue weighted by Crippen LogP contribution is -2.31. The van der Waals surface area contributed by atoms with E-state index in [0.29, 0.717) is 19.2 Å². The number of rotatable bonds is 7. The van der Waals surface area contributed by atoms with E-state index in [2.05, 4.69) is 29.8 Å². The van der Waals surface area contributed by atoms with Crippen molar-refractivity contribution >= 4 is 11.7 Å². The lowest BCUT2D eigenvalue weighted by atomic mass is 10.1. The maximum absolute atomic E-state index is 11.5. The molecular formula is C14H23N3O2. The van der Waals surface area contributed by atoms with Gasteiger partial charge in [0, 0.05) is 25.4 Å². The summed E-state index contributed by atoms with van der Waals surface area (Å²) in [4.78, 5) is 11.5. The van der Waals surface area contributed by atoms with Crippen LogP contribution in [0, 0.1) is 0 Å². The lowest BCUT2D eigenvalue weighted by molar-refractivity contribution is 0.198. The van der Waals surface area contributed by atoms with Crippen molar-refractivity contribution in [3.63, 3.8) is 0 Å². The summed E-state index contributed by atoms with van der Waals surface area (Å²) in [7, 11) is 1.60. The van der Waals surface area contributed by atoms with Gasteiger partial charge in [0.05, 0.1) is 6.61 Å². The number of methoxy groups -OCH3 is 1. The predicted molar refractivity (Wildman–Crippen MR) is 77.4 cm³/mol. The second-order valence-electron chi connectivity index (χ2n) is 4.28. The zero-order valence-electron chi connectivity index (χ0n) is 11.8. The Kier molecular flexibility index (Phi) is 6.92. The first-order valence-electron chi connectivity index (χ1n) is 6.54. The van der Waals surface area contributed by atoms with Gasteiger partial charge in [0.2, 0.25) is 0 Å². The number of urea groups is 1. The van der Waals surface area contributed by atoms with E-state index in [1.807, 2.05) is 24.3 Å². The molecule has 0 saturated heterocycles. The average molecular weight is 265 g/mol. The number of amides is 2. The zero-order valence-corrected chi connectivity index (χ0v) is 11.8. The van der Waals surface area contributed by atoms with Crippen LogP contribution >= 0.6 is 0 Å². The van der Waals surface area contributed by atoms with Crippen LogP contribution in [-0.2, 0) is 4.74 Å². The Bertz CT molecular complexity index is 379. The third-order valence-corrected chi connectivity index (χ3v) is 2.77. The molecule has 0 bridgehead atoms. The van der Waals surface area contributed by atoms with Gasteiger partial charge in [0.1, 0.15) is 0 Å². The standard InChI is InChI=1S/C14H23N3O2/c1-4-15-11(2)12-5-7-13(8-6-12)17-14(18)16-9-10-19-3/h5-8,11,15H,4,9-10H2,1-3H3,(H2,16,17,18). The molecule has 0 aliphatic heterocycles. The van der Waals surface area contributed by atoms with E-state index in [9.17, 15) is 4.79 Å². The Balaban J connectivity index is 2.45. The first-order chi connectivity index (χ1) is 9.17. The second-order valence-corrected chi connectivity index (χ2v) is 4.28. The first-order valence-corrected chi connectivity index (χ1v) is 6.54. The molecule has 1 atom stereocenters. The van der Waals surface area contributed by atoms with E-state index in [-0.39, 0.29) is 6.03 Å². The SMILES string of the molecule is CCNC(C)c1ccc(NC(=O)NCCOC)cc1. The van der Waals surface area contributed by atoms with Gasteiger partial charge in [-0.1, -0.05) is 19.1 Å². The maximum Gasteiger partial charge on any atom is 0.319 e. The minimum atomic E-state index is -0.218. The van der Waals surface area contributed by atoms with Gasteiger partial charge in [-0.25, -0.2) is 4.79 Å². The Morgan fingerprint density at radius 2 is 2.00 bits per heavy atom. The van der Waals surface area contributed by atoms with Crippen molar-refractivity contribution in [2.24, 2.45) is 0 Å². The molecule has 0 aliphatic rings. The summed E-state index contributed by atoms with van der Waals surface area (Å²) in [5.74, 6) is 0. The molecule has 1 unspecified atom stereocenters. The van der Waals surface area contributed by atoms with E-state index in [4.69, 9.17) is 4.74 Å². The van der Waals surface area contributed by atoms with Crippen molar-refractivity contribution in [2.75, 3.05) is 32.1 Å². The summed E-state index contributed by atoms with van der Waals surface area (Å²) in [6, 6.07) is 7.92. The Morgan fingerprint density at radius 1 is 1.32 bits per heavy atom. The highest BCUT2D eigenvalue weighted by Crippen LogP contribution is 2.15. The molecule has 5 nitrogen and oxygen atoms in total. The van der Waals surface area contributed by atoms with Crippen LogP contribution in [0.25, 0.3) is 0 Å². The number of hydrogen-bond acceptors (Lipinski definition) is 3. The molecule has 0 aromatic heterocycles. The van der Waals surface area contributed by atoms with Crippen LogP contribution < -0.4 is 16.0 Å². The van der Waals surface area contributed by atoms with Crippen LogP contribution in [0.2, 0.25) is 0 Å². The van der Waals surface area contributed by atoms with Crippen LogP contribution in [0.1, 0.15) is 25.5 Å². The molecule has 0 spiro atoms. The number of carbonyl (C=O) groups excluding carboxylic acids is 1. The van der Waals surface area contributed by atoms with Crippen molar-refractivity contribution in [1.82, 2.24) is 10.6 Å². The summed E-state index contributed by atoms with van der Waals surface area (Å²) in [6.45, 7) is 6.13. The molecule has 0 radical (unpaired) electrons. The Labute approximate surface area is 114 Å².